The molecule has 116 valence electrons. The highest BCUT2D eigenvalue weighted by atomic mass is 16.4. The summed E-state index contributed by atoms with van der Waals surface area (Å²) in [5.74, 6) is -1.32. The summed E-state index contributed by atoms with van der Waals surface area (Å²) in [4.78, 5) is 22.2. The van der Waals surface area contributed by atoms with Crippen LogP contribution in [-0.2, 0) is 9.59 Å². The molecule has 1 amide bonds. The first-order valence-corrected chi connectivity index (χ1v) is 7.02. The van der Waals surface area contributed by atoms with Gasteiger partial charge in [-0.05, 0) is 38.0 Å². The van der Waals surface area contributed by atoms with E-state index in [4.69, 9.17) is 5.11 Å². The number of hydrogen-bond donors (Lipinski definition) is 2. The van der Waals surface area contributed by atoms with Crippen LogP contribution in [0, 0.1) is 20.8 Å². The SMILES string of the molecule is Cc1ccc(C)c(-n2ncc(NC(=O)CCC(=O)O)c2C)c1. The molecule has 0 aliphatic heterocycles. The van der Waals surface area contributed by atoms with Crippen LogP contribution < -0.4 is 5.32 Å². The van der Waals surface area contributed by atoms with E-state index in [9.17, 15) is 9.59 Å². The van der Waals surface area contributed by atoms with Crippen molar-refractivity contribution < 1.29 is 14.7 Å². The number of aromatic nitrogens is 2. The van der Waals surface area contributed by atoms with E-state index in [0.29, 0.717) is 5.69 Å². The van der Waals surface area contributed by atoms with Gasteiger partial charge in [0.05, 0.1) is 29.7 Å². The number of nitrogens with one attached hydrogen (secondary N) is 1. The van der Waals surface area contributed by atoms with Gasteiger partial charge in [0.2, 0.25) is 5.91 Å². The zero-order chi connectivity index (χ0) is 16.3. The summed E-state index contributed by atoms with van der Waals surface area (Å²) in [7, 11) is 0. The zero-order valence-corrected chi connectivity index (χ0v) is 12.9. The molecular weight excluding hydrogens is 282 g/mol. The molecule has 0 bridgehead atoms. The Balaban J connectivity index is 2.21. The van der Waals surface area contributed by atoms with E-state index in [0.717, 1.165) is 22.5 Å². The molecule has 0 atom stereocenters. The summed E-state index contributed by atoms with van der Waals surface area (Å²) >= 11 is 0. The Morgan fingerprint density at radius 2 is 1.95 bits per heavy atom. The van der Waals surface area contributed by atoms with Crippen LogP contribution in [0.25, 0.3) is 5.69 Å². The quantitative estimate of drug-likeness (QED) is 0.889. The highest BCUT2D eigenvalue weighted by molar-refractivity contribution is 5.92. The van der Waals surface area contributed by atoms with Gasteiger partial charge in [-0.2, -0.15) is 5.10 Å². The number of carboxylic acid groups (broad SMARTS) is 1. The topological polar surface area (TPSA) is 84.2 Å². The predicted octanol–water partition coefficient (Wildman–Crippen LogP) is 2.60. The van der Waals surface area contributed by atoms with E-state index < -0.39 is 5.97 Å². The number of amides is 1. The third-order valence-electron chi connectivity index (χ3n) is 3.44. The fourth-order valence-electron chi connectivity index (χ4n) is 2.16. The number of rotatable bonds is 5. The Bertz CT molecular complexity index is 719. The second kappa shape index (κ2) is 6.43. The van der Waals surface area contributed by atoms with E-state index in [1.54, 1.807) is 10.9 Å². The lowest BCUT2D eigenvalue weighted by Crippen LogP contribution is -2.13. The molecule has 6 heteroatoms. The highest BCUT2D eigenvalue weighted by Gasteiger charge is 2.13. The molecule has 2 aromatic rings. The van der Waals surface area contributed by atoms with Crippen LogP contribution in [0.15, 0.2) is 24.4 Å². The second-order valence-electron chi connectivity index (χ2n) is 5.29. The maximum atomic E-state index is 11.7. The van der Waals surface area contributed by atoms with Gasteiger partial charge < -0.3 is 10.4 Å². The number of carbonyl (C=O) groups excluding carboxylic acids is 1. The number of carboxylic acids is 1. The summed E-state index contributed by atoms with van der Waals surface area (Å²) < 4.78 is 1.77. The molecule has 2 N–H and O–H groups in total. The molecule has 0 unspecified atom stereocenters. The highest BCUT2D eigenvalue weighted by Crippen LogP contribution is 2.22. The Morgan fingerprint density at radius 3 is 2.64 bits per heavy atom. The van der Waals surface area contributed by atoms with Crippen LogP contribution in [-0.4, -0.2) is 26.8 Å². The van der Waals surface area contributed by atoms with E-state index >= 15 is 0 Å². The lowest BCUT2D eigenvalue weighted by Gasteiger charge is -2.10. The largest absolute Gasteiger partial charge is 0.481 e. The maximum Gasteiger partial charge on any atom is 0.303 e. The van der Waals surface area contributed by atoms with Crippen LogP contribution in [0.2, 0.25) is 0 Å². The average Bonchev–Trinajstić information content (AvgIpc) is 2.81. The van der Waals surface area contributed by atoms with E-state index in [1.807, 2.05) is 39.0 Å². The van der Waals surface area contributed by atoms with Crippen LogP contribution in [0.4, 0.5) is 5.69 Å². The third kappa shape index (κ3) is 3.52. The Hall–Kier alpha value is -2.63. The molecule has 1 aromatic carbocycles. The number of hydrogen-bond acceptors (Lipinski definition) is 3. The molecule has 22 heavy (non-hydrogen) atoms. The van der Waals surface area contributed by atoms with Crippen molar-refractivity contribution in [3.63, 3.8) is 0 Å². The molecule has 1 heterocycles. The smallest absolute Gasteiger partial charge is 0.303 e. The number of benzene rings is 1. The Kier molecular flexibility index (Phi) is 4.60. The molecule has 0 radical (unpaired) electrons. The van der Waals surface area contributed by atoms with Crippen LogP contribution in [0.3, 0.4) is 0 Å². The fraction of sp³-hybridized carbons (Fsp3) is 0.312. The summed E-state index contributed by atoms with van der Waals surface area (Å²) in [6.07, 6.45) is 1.34. The standard InChI is InChI=1S/C16H19N3O3/c1-10-4-5-11(2)14(8-10)19-12(3)13(9-17-19)18-15(20)6-7-16(21)22/h4-5,8-9H,6-7H2,1-3H3,(H,18,20)(H,21,22). The third-order valence-corrected chi connectivity index (χ3v) is 3.44. The average molecular weight is 301 g/mol. The van der Waals surface area contributed by atoms with Gasteiger partial charge in [0.15, 0.2) is 0 Å². The summed E-state index contributed by atoms with van der Waals surface area (Å²) in [6, 6.07) is 6.09. The molecule has 0 spiro atoms. The molecule has 2 rings (SSSR count). The first-order valence-electron chi connectivity index (χ1n) is 7.02. The van der Waals surface area contributed by atoms with Crippen molar-refractivity contribution in [2.45, 2.75) is 33.6 Å². The van der Waals surface area contributed by atoms with Crippen molar-refractivity contribution in [3.05, 3.63) is 41.2 Å². The number of nitrogens with zero attached hydrogens (tertiary/aromatic N) is 2. The molecule has 0 aliphatic rings. The Labute approximate surface area is 128 Å². The van der Waals surface area contributed by atoms with Crippen molar-refractivity contribution >= 4 is 17.6 Å². The molecular formula is C16H19N3O3. The van der Waals surface area contributed by atoms with Gasteiger partial charge in [-0.25, -0.2) is 4.68 Å². The van der Waals surface area contributed by atoms with E-state index in [1.165, 1.54) is 0 Å². The minimum Gasteiger partial charge on any atom is -0.481 e. The molecule has 0 fully saturated rings. The van der Waals surface area contributed by atoms with Crippen molar-refractivity contribution in [1.29, 1.82) is 0 Å². The first kappa shape index (κ1) is 15.8. The minimum atomic E-state index is -0.988. The number of aliphatic carboxylic acids is 1. The lowest BCUT2D eigenvalue weighted by molar-refractivity contribution is -0.138. The molecule has 1 aromatic heterocycles. The lowest BCUT2D eigenvalue weighted by atomic mass is 10.1. The predicted molar refractivity (Wildman–Crippen MR) is 83.3 cm³/mol. The summed E-state index contributed by atoms with van der Waals surface area (Å²) in [5.41, 5.74) is 4.57. The second-order valence-corrected chi connectivity index (χ2v) is 5.29. The van der Waals surface area contributed by atoms with Gasteiger partial charge in [0, 0.05) is 6.42 Å². The Morgan fingerprint density at radius 1 is 1.23 bits per heavy atom. The maximum absolute atomic E-state index is 11.7. The van der Waals surface area contributed by atoms with Gasteiger partial charge >= 0.3 is 5.97 Å². The minimum absolute atomic E-state index is 0.0522. The van der Waals surface area contributed by atoms with Crippen LogP contribution >= 0.6 is 0 Å². The molecule has 6 nitrogen and oxygen atoms in total. The van der Waals surface area contributed by atoms with Gasteiger partial charge in [-0.15, -0.1) is 0 Å². The number of anilines is 1. The van der Waals surface area contributed by atoms with Crippen molar-refractivity contribution in [3.8, 4) is 5.69 Å². The molecule has 0 aliphatic carbocycles. The zero-order valence-electron chi connectivity index (χ0n) is 12.9. The van der Waals surface area contributed by atoms with Gasteiger partial charge in [0.1, 0.15) is 0 Å². The van der Waals surface area contributed by atoms with E-state index in [-0.39, 0.29) is 18.7 Å². The van der Waals surface area contributed by atoms with Crippen LogP contribution in [0.1, 0.15) is 29.7 Å². The van der Waals surface area contributed by atoms with Crippen molar-refractivity contribution in [1.82, 2.24) is 9.78 Å². The normalized spacial score (nSPS) is 10.5. The van der Waals surface area contributed by atoms with Crippen LogP contribution in [0.5, 0.6) is 0 Å². The monoisotopic (exact) mass is 301 g/mol. The number of carbonyl (C=O) groups is 2. The van der Waals surface area contributed by atoms with Crippen molar-refractivity contribution in [2.24, 2.45) is 0 Å². The van der Waals surface area contributed by atoms with Gasteiger partial charge in [-0.1, -0.05) is 12.1 Å². The molecule has 0 saturated heterocycles. The van der Waals surface area contributed by atoms with Gasteiger partial charge in [-0.3, -0.25) is 9.59 Å². The number of aryl methyl sites for hydroxylation is 2. The van der Waals surface area contributed by atoms with E-state index in [2.05, 4.69) is 10.4 Å². The first-order chi connectivity index (χ1) is 10.4. The summed E-state index contributed by atoms with van der Waals surface area (Å²) in [6.45, 7) is 5.87. The van der Waals surface area contributed by atoms with Crippen molar-refractivity contribution in [2.75, 3.05) is 5.32 Å². The fourth-order valence-corrected chi connectivity index (χ4v) is 2.16. The molecule has 0 saturated carbocycles. The summed E-state index contributed by atoms with van der Waals surface area (Å²) in [5, 5.41) is 15.6. The van der Waals surface area contributed by atoms with Gasteiger partial charge in [0.25, 0.3) is 0 Å².